The van der Waals surface area contributed by atoms with Crippen molar-refractivity contribution in [2.24, 2.45) is 17.2 Å². The van der Waals surface area contributed by atoms with Crippen LogP contribution in [0.3, 0.4) is 0 Å². The first-order valence-corrected chi connectivity index (χ1v) is 13.4. The van der Waals surface area contributed by atoms with Crippen molar-refractivity contribution in [1.29, 1.82) is 0 Å². The second kappa shape index (κ2) is 24.2. The first-order chi connectivity index (χ1) is 17.0. The molecule has 0 aromatic heterocycles. The molecule has 3 heteroatoms. The van der Waals surface area contributed by atoms with Crippen LogP contribution in [0.4, 0.5) is 0 Å². The van der Waals surface area contributed by atoms with E-state index in [9.17, 15) is 0 Å². The fourth-order valence-electron chi connectivity index (χ4n) is 3.57. The van der Waals surface area contributed by atoms with Crippen LogP contribution in [0.2, 0.25) is 0 Å². The van der Waals surface area contributed by atoms with E-state index in [0.717, 1.165) is 22.3 Å². The predicted octanol–water partition coefficient (Wildman–Crippen LogP) is 9.15. The Hall–Kier alpha value is -2.94. The third-order valence-corrected chi connectivity index (χ3v) is 5.03. The molecule has 35 heavy (non-hydrogen) atoms. The Labute approximate surface area is 218 Å². The highest BCUT2D eigenvalue weighted by atomic mass is 14.8. The molecule has 0 saturated carbocycles. The third kappa shape index (κ3) is 13.5. The van der Waals surface area contributed by atoms with Crippen molar-refractivity contribution < 1.29 is 0 Å². The van der Waals surface area contributed by atoms with Crippen molar-refractivity contribution in [3.8, 4) is 0 Å². The Morgan fingerprint density at radius 3 is 1.63 bits per heavy atom. The Morgan fingerprint density at radius 2 is 1.23 bits per heavy atom. The van der Waals surface area contributed by atoms with Crippen molar-refractivity contribution in [2.45, 2.75) is 93.9 Å². The lowest BCUT2D eigenvalue weighted by Crippen LogP contribution is -2.12. The molecule has 2 rings (SSSR count). The number of benzene rings is 2. The van der Waals surface area contributed by atoms with Crippen LogP contribution in [0, 0.1) is 6.92 Å². The summed E-state index contributed by atoms with van der Waals surface area (Å²) in [5, 5.41) is 0. The molecule has 0 unspecified atom stereocenters. The predicted molar refractivity (Wildman–Crippen MR) is 163 cm³/mol. The van der Waals surface area contributed by atoms with E-state index < -0.39 is 0 Å². The molecule has 0 spiro atoms. The van der Waals surface area contributed by atoms with Gasteiger partial charge >= 0.3 is 0 Å². The van der Waals surface area contributed by atoms with Crippen LogP contribution in [-0.4, -0.2) is 0 Å². The Morgan fingerprint density at radius 1 is 0.771 bits per heavy atom. The van der Waals surface area contributed by atoms with E-state index in [1.165, 1.54) is 31.2 Å². The molecule has 0 saturated heterocycles. The van der Waals surface area contributed by atoms with Gasteiger partial charge in [-0.2, -0.15) is 0 Å². The highest BCUT2D eigenvalue weighted by Gasteiger charge is 2.11. The number of hydrogen-bond acceptors (Lipinski definition) is 3. The van der Waals surface area contributed by atoms with Crippen molar-refractivity contribution in [1.82, 2.24) is 0 Å². The van der Waals surface area contributed by atoms with Gasteiger partial charge < -0.3 is 17.2 Å². The van der Waals surface area contributed by atoms with Gasteiger partial charge in [-0.25, -0.2) is 0 Å². The number of allylic oxidation sites excluding steroid dienone is 2. The highest BCUT2D eigenvalue weighted by Crippen LogP contribution is 2.29. The Bertz CT molecular complexity index is 807. The highest BCUT2D eigenvalue weighted by molar-refractivity contribution is 5.84. The van der Waals surface area contributed by atoms with Crippen LogP contribution in [-0.2, 0) is 0 Å². The molecule has 0 aliphatic heterocycles. The normalized spacial score (nSPS) is 9.60. The number of hydrogen-bond donors (Lipinski definition) is 3. The summed E-state index contributed by atoms with van der Waals surface area (Å²) in [5.74, 6) is 0.891. The molecule has 0 amide bonds. The SMILES string of the molecule is C=C.CC.CC.CC.CCCC(CCC)c1ccc(C(/C=C(\N)c2ccccc2C)=C(N)N)cc1. The largest absolute Gasteiger partial charge is 0.398 e. The molecular formula is C32H55N3. The van der Waals surface area contributed by atoms with Crippen molar-refractivity contribution >= 4 is 11.3 Å². The molecule has 0 radical (unpaired) electrons. The standard InChI is InChI=1S/C24H33N3.3C2H6.C2H4/c1-4-8-18(9-5-2)19-12-14-20(15-13-19)22(24(26)27)16-23(25)21-11-7-6-10-17(21)3;4*1-2/h6-7,10-16,18H,4-5,8-9,25-27H2,1-3H3;3*1-2H3;1-2H2/b23-16-;;;;. The van der Waals surface area contributed by atoms with Crippen LogP contribution >= 0.6 is 0 Å². The van der Waals surface area contributed by atoms with E-state index in [1.54, 1.807) is 0 Å². The summed E-state index contributed by atoms with van der Waals surface area (Å²) in [6.45, 7) is 24.5. The summed E-state index contributed by atoms with van der Waals surface area (Å²) < 4.78 is 0. The van der Waals surface area contributed by atoms with Crippen LogP contribution in [0.15, 0.2) is 73.6 Å². The molecule has 0 atom stereocenters. The monoisotopic (exact) mass is 481 g/mol. The lowest BCUT2D eigenvalue weighted by atomic mass is 9.89. The van der Waals surface area contributed by atoms with Crippen LogP contribution in [0.1, 0.15) is 109 Å². The van der Waals surface area contributed by atoms with Crippen molar-refractivity contribution in [3.05, 3.63) is 95.8 Å². The molecule has 2 aromatic carbocycles. The molecule has 198 valence electrons. The first-order valence-electron chi connectivity index (χ1n) is 13.4. The molecule has 0 heterocycles. The zero-order valence-electron chi connectivity index (χ0n) is 24.2. The minimum absolute atomic E-state index is 0.276. The van der Waals surface area contributed by atoms with E-state index in [4.69, 9.17) is 17.2 Å². The van der Waals surface area contributed by atoms with Crippen LogP contribution in [0.5, 0.6) is 0 Å². The summed E-state index contributed by atoms with van der Waals surface area (Å²) in [5.41, 5.74) is 24.2. The van der Waals surface area contributed by atoms with Crippen molar-refractivity contribution in [2.75, 3.05) is 0 Å². The van der Waals surface area contributed by atoms with Gasteiger partial charge in [0.2, 0.25) is 0 Å². The maximum absolute atomic E-state index is 6.34. The topological polar surface area (TPSA) is 78.1 Å². The summed E-state index contributed by atoms with van der Waals surface area (Å²) >= 11 is 0. The van der Waals surface area contributed by atoms with E-state index >= 15 is 0 Å². The van der Waals surface area contributed by atoms with Gasteiger partial charge in [0.15, 0.2) is 0 Å². The fraction of sp³-hybridized carbons (Fsp3) is 0.438. The van der Waals surface area contributed by atoms with Gasteiger partial charge in [0, 0.05) is 16.8 Å². The molecule has 6 N–H and O–H groups in total. The van der Waals surface area contributed by atoms with Crippen LogP contribution in [0.25, 0.3) is 11.3 Å². The zero-order chi connectivity index (χ0) is 27.8. The molecule has 2 aromatic rings. The van der Waals surface area contributed by atoms with Gasteiger partial charge in [0.1, 0.15) is 5.82 Å². The van der Waals surface area contributed by atoms with Gasteiger partial charge in [0.25, 0.3) is 0 Å². The number of aryl methyl sites for hydroxylation is 1. The second-order valence-corrected chi connectivity index (χ2v) is 7.18. The average molecular weight is 482 g/mol. The van der Waals surface area contributed by atoms with E-state index in [1.807, 2.05) is 78.8 Å². The first kappa shape index (κ1) is 36.6. The van der Waals surface area contributed by atoms with Gasteiger partial charge in [-0.3, -0.25) is 0 Å². The second-order valence-electron chi connectivity index (χ2n) is 7.18. The molecule has 0 aliphatic rings. The minimum Gasteiger partial charge on any atom is -0.398 e. The van der Waals surface area contributed by atoms with E-state index in [-0.39, 0.29) is 5.82 Å². The molecule has 3 nitrogen and oxygen atoms in total. The lowest BCUT2D eigenvalue weighted by Gasteiger charge is -2.17. The minimum atomic E-state index is 0.276. The Balaban J connectivity index is -0.00000116. The summed E-state index contributed by atoms with van der Waals surface area (Å²) in [6.07, 6.45) is 6.71. The summed E-state index contributed by atoms with van der Waals surface area (Å²) in [4.78, 5) is 0. The molecule has 0 aliphatic carbocycles. The van der Waals surface area contributed by atoms with Crippen molar-refractivity contribution in [3.63, 3.8) is 0 Å². The van der Waals surface area contributed by atoms with Gasteiger partial charge in [-0.05, 0) is 48.4 Å². The molecule has 0 fully saturated rings. The van der Waals surface area contributed by atoms with Gasteiger partial charge in [-0.15, -0.1) is 13.2 Å². The third-order valence-electron chi connectivity index (χ3n) is 5.03. The van der Waals surface area contributed by atoms with E-state index in [2.05, 4.69) is 51.3 Å². The maximum atomic E-state index is 6.34. The van der Waals surface area contributed by atoms with E-state index in [0.29, 0.717) is 11.6 Å². The molecule has 0 bridgehead atoms. The fourth-order valence-corrected chi connectivity index (χ4v) is 3.57. The number of nitrogens with two attached hydrogens (primary N) is 3. The summed E-state index contributed by atoms with van der Waals surface area (Å²) in [6, 6.07) is 16.6. The molecular weight excluding hydrogens is 426 g/mol. The van der Waals surface area contributed by atoms with Gasteiger partial charge in [0.05, 0.1) is 0 Å². The Kier molecular flexibility index (Phi) is 25.3. The van der Waals surface area contributed by atoms with Crippen LogP contribution < -0.4 is 17.2 Å². The average Bonchev–Trinajstić information content (AvgIpc) is 2.92. The number of rotatable bonds is 8. The van der Waals surface area contributed by atoms with Gasteiger partial charge in [-0.1, -0.05) is 117 Å². The lowest BCUT2D eigenvalue weighted by molar-refractivity contribution is 0.561. The quantitative estimate of drug-likeness (QED) is 0.260. The summed E-state index contributed by atoms with van der Waals surface area (Å²) in [7, 11) is 0. The maximum Gasteiger partial charge on any atom is 0.101 e. The smallest absolute Gasteiger partial charge is 0.101 e. The zero-order valence-corrected chi connectivity index (χ0v) is 24.2.